The number of piperidine rings is 1. The Morgan fingerprint density at radius 2 is 2.15 bits per heavy atom. The minimum atomic E-state index is 0.293. The first-order chi connectivity index (χ1) is 12.7. The number of fused-ring (bicyclic) bond motifs is 3. The molecular formula is C18H17N7S. The lowest BCUT2D eigenvalue weighted by Crippen LogP contribution is -2.39. The first kappa shape index (κ1) is 15.3. The molecule has 4 aromatic heterocycles. The molecule has 0 radical (unpaired) electrons. The van der Waals surface area contributed by atoms with Crippen LogP contribution in [0.4, 0.5) is 5.13 Å². The lowest BCUT2D eigenvalue weighted by atomic mass is 9.86. The second kappa shape index (κ2) is 5.81. The zero-order valence-corrected chi connectivity index (χ0v) is 15.1. The number of aromatic nitrogens is 5. The van der Waals surface area contributed by atoms with Crippen molar-refractivity contribution in [3.05, 3.63) is 41.6 Å². The molecule has 1 fully saturated rings. The van der Waals surface area contributed by atoms with Crippen molar-refractivity contribution in [1.29, 1.82) is 5.26 Å². The van der Waals surface area contributed by atoms with Crippen LogP contribution in [0.1, 0.15) is 30.0 Å². The summed E-state index contributed by atoms with van der Waals surface area (Å²) >= 11 is 1.46. The van der Waals surface area contributed by atoms with Crippen molar-refractivity contribution in [3.8, 4) is 6.07 Å². The van der Waals surface area contributed by atoms with Crippen molar-refractivity contribution in [2.24, 2.45) is 5.92 Å². The number of aromatic amines is 1. The first-order valence-corrected chi connectivity index (χ1v) is 9.46. The molecular weight excluding hydrogens is 346 g/mol. The smallest absolute Gasteiger partial charge is 0.186 e. The van der Waals surface area contributed by atoms with Gasteiger partial charge in [-0.05, 0) is 18.4 Å². The summed E-state index contributed by atoms with van der Waals surface area (Å²) in [5, 5.41) is 10.00. The maximum atomic E-state index is 9.07. The van der Waals surface area contributed by atoms with Gasteiger partial charge >= 0.3 is 0 Å². The molecule has 0 aromatic carbocycles. The molecule has 1 aliphatic heterocycles. The lowest BCUT2D eigenvalue weighted by Gasteiger charge is -2.36. The molecule has 5 rings (SSSR count). The van der Waals surface area contributed by atoms with Crippen LogP contribution in [-0.4, -0.2) is 37.4 Å². The Bertz CT molecular complexity index is 1130. The molecule has 26 heavy (non-hydrogen) atoms. The number of hydrogen-bond donors (Lipinski definition) is 1. The molecule has 8 heteroatoms. The van der Waals surface area contributed by atoms with Crippen molar-refractivity contribution in [2.45, 2.75) is 19.3 Å². The summed E-state index contributed by atoms with van der Waals surface area (Å²) < 4.78 is 2.21. The second-order valence-corrected chi connectivity index (χ2v) is 7.79. The van der Waals surface area contributed by atoms with Crippen LogP contribution < -0.4 is 4.90 Å². The van der Waals surface area contributed by atoms with Gasteiger partial charge in [-0.25, -0.2) is 15.0 Å². The van der Waals surface area contributed by atoms with Gasteiger partial charge in [0, 0.05) is 25.2 Å². The highest BCUT2D eigenvalue weighted by atomic mass is 32.1. The number of H-pyrrole nitrogens is 1. The van der Waals surface area contributed by atoms with Crippen LogP contribution in [-0.2, 0) is 0 Å². The molecule has 1 aliphatic rings. The van der Waals surface area contributed by atoms with Crippen LogP contribution in [0.3, 0.4) is 0 Å². The summed E-state index contributed by atoms with van der Waals surface area (Å²) in [4.78, 5) is 19.8. The predicted molar refractivity (Wildman–Crippen MR) is 100 cm³/mol. The third-order valence-corrected chi connectivity index (χ3v) is 6.21. The standard InChI is InChI=1S/C18H17N7S/c1-11-3-5-24(18-23-9-13(6-19)26-18)10-14(11)17-22-8-12-7-21-16-15(25(12)17)2-4-20-16/h2,4,7-9,11,14,20H,3,5,10H2,1H3/t11-,14+/m1/s1. The number of nitrogens with zero attached hydrogens (tertiary/aromatic N) is 6. The maximum absolute atomic E-state index is 9.07. The third-order valence-electron chi connectivity index (χ3n) is 5.25. The topological polar surface area (TPSA) is 85.9 Å². The summed E-state index contributed by atoms with van der Waals surface area (Å²) in [6, 6.07) is 4.23. The van der Waals surface area contributed by atoms with Gasteiger partial charge in [-0.15, -0.1) is 0 Å². The van der Waals surface area contributed by atoms with E-state index in [0.717, 1.165) is 47.1 Å². The molecule has 1 saturated heterocycles. The first-order valence-electron chi connectivity index (χ1n) is 8.65. The average molecular weight is 363 g/mol. The van der Waals surface area contributed by atoms with Crippen LogP contribution in [0.15, 0.2) is 30.9 Å². The highest BCUT2D eigenvalue weighted by Crippen LogP contribution is 2.36. The minimum Gasteiger partial charge on any atom is -0.347 e. The summed E-state index contributed by atoms with van der Waals surface area (Å²) in [7, 11) is 0. The Balaban J connectivity index is 1.57. The van der Waals surface area contributed by atoms with Crippen LogP contribution in [0.2, 0.25) is 0 Å². The van der Waals surface area contributed by atoms with Gasteiger partial charge in [0.2, 0.25) is 0 Å². The Kier molecular flexibility index (Phi) is 3.43. The van der Waals surface area contributed by atoms with Gasteiger partial charge < -0.3 is 9.88 Å². The van der Waals surface area contributed by atoms with Crippen LogP contribution in [0.25, 0.3) is 16.7 Å². The number of anilines is 1. The van der Waals surface area contributed by atoms with Crippen LogP contribution >= 0.6 is 11.3 Å². The fourth-order valence-electron chi connectivity index (χ4n) is 3.80. The molecule has 130 valence electrons. The van der Waals surface area contributed by atoms with Crippen molar-refractivity contribution in [2.75, 3.05) is 18.0 Å². The molecule has 1 N–H and O–H groups in total. The van der Waals surface area contributed by atoms with E-state index in [1.54, 1.807) is 6.20 Å². The van der Waals surface area contributed by atoms with Gasteiger partial charge in [0.15, 0.2) is 10.8 Å². The molecule has 7 nitrogen and oxygen atoms in total. The van der Waals surface area contributed by atoms with Crippen LogP contribution in [0, 0.1) is 17.2 Å². The van der Waals surface area contributed by atoms with Crippen LogP contribution in [0.5, 0.6) is 0 Å². The molecule has 0 saturated carbocycles. The van der Waals surface area contributed by atoms with Gasteiger partial charge in [0.05, 0.1) is 29.6 Å². The Labute approximate surface area is 153 Å². The molecule has 2 atom stereocenters. The Morgan fingerprint density at radius 3 is 3.00 bits per heavy atom. The van der Waals surface area contributed by atoms with Gasteiger partial charge in [0.25, 0.3) is 0 Å². The zero-order valence-electron chi connectivity index (χ0n) is 14.3. The summed E-state index contributed by atoms with van der Waals surface area (Å²) in [5.74, 6) is 1.89. The highest BCUT2D eigenvalue weighted by molar-refractivity contribution is 7.16. The number of imidazole rings is 1. The number of thiazole rings is 1. The van der Waals surface area contributed by atoms with Crippen molar-refractivity contribution < 1.29 is 0 Å². The summed E-state index contributed by atoms with van der Waals surface area (Å²) in [5.41, 5.74) is 2.94. The minimum absolute atomic E-state index is 0.293. The van der Waals surface area contributed by atoms with E-state index >= 15 is 0 Å². The Hall–Kier alpha value is -2.92. The molecule has 5 heterocycles. The van der Waals surface area contributed by atoms with Crippen molar-refractivity contribution >= 4 is 33.1 Å². The zero-order chi connectivity index (χ0) is 17.7. The number of nitriles is 1. The number of nitrogens with one attached hydrogen (secondary N) is 1. The molecule has 0 amide bonds. The molecule has 0 unspecified atom stereocenters. The fourth-order valence-corrected chi connectivity index (χ4v) is 4.55. The fraction of sp³-hybridized carbons (Fsp3) is 0.333. The largest absolute Gasteiger partial charge is 0.347 e. The third kappa shape index (κ3) is 2.28. The number of rotatable bonds is 2. The van der Waals surface area contributed by atoms with E-state index in [1.165, 1.54) is 11.3 Å². The number of hydrogen-bond acceptors (Lipinski definition) is 6. The maximum Gasteiger partial charge on any atom is 0.186 e. The van der Waals surface area contributed by atoms with E-state index in [2.05, 4.69) is 37.2 Å². The normalized spacial score (nSPS) is 20.7. The Morgan fingerprint density at radius 1 is 1.27 bits per heavy atom. The van der Waals surface area contributed by atoms with E-state index in [9.17, 15) is 0 Å². The van der Waals surface area contributed by atoms with Gasteiger partial charge in [-0.1, -0.05) is 18.3 Å². The van der Waals surface area contributed by atoms with E-state index in [0.29, 0.717) is 16.7 Å². The van der Waals surface area contributed by atoms with E-state index in [1.807, 2.05) is 24.7 Å². The second-order valence-electron chi connectivity index (χ2n) is 6.78. The average Bonchev–Trinajstić information content (AvgIpc) is 3.39. The van der Waals surface area contributed by atoms with Crippen molar-refractivity contribution in [1.82, 2.24) is 24.3 Å². The highest BCUT2D eigenvalue weighted by Gasteiger charge is 2.32. The molecule has 0 spiro atoms. The van der Waals surface area contributed by atoms with E-state index in [4.69, 9.17) is 10.2 Å². The van der Waals surface area contributed by atoms with E-state index in [-0.39, 0.29) is 0 Å². The summed E-state index contributed by atoms with van der Waals surface area (Å²) in [6.07, 6.45) is 8.41. The monoisotopic (exact) mass is 363 g/mol. The predicted octanol–water partition coefficient (Wildman–Crippen LogP) is 3.17. The molecule has 4 aromatic rings. The van der Waals surface area contributed by atoms with Gasteiger partial charge in [-0.2, -0.15) is 5.26 Å². The van der Waals surface area contributed by atoms with Gasteiger partial charge in [-0.3, -0.25) is 4.40 Å². The molecule has 0 bridgehead atoms. The van der Waals surface area contributed by atoms with Gasteiger partial charge in [0.1, 0.15) is 16.8 Å². The summed E-state index contributed by atoms with van der Waals surface area (Å²) in [6.45, 7) is 4.11. The van der Waals surface area contributed by atoms with Crippen molar-refractivity contribution in [3.63, 3.8) is 0 Å². The quantitative estimate of drug-likeness (QED) is 0.591. The van der Waals surface area contributed by atoms with E-state index < -0.39 is 0 Å². The SMILES string of the molecule is C[C@@H]1CCN(c2ncc(C#N)s2)C[C@@H]1c1ncc2cnc3[nH]ccc3n12. The lowest BCUT2D eigenvalue weighted by molar-refractivity contribution is 0.367. The molecule has 0 aliphatic carbocycles.